The highest BCUT2D eigenvalue weighted by Gasteiger charge is 2.29. The van der Waals surface area contributed by atoms with Crippen LogP contribution in [0.2, 0.25) is 0 Å². The maximum absolute atomic E-state index is 13.1. The lowest BCUT2D eigenvalue weighted by Crippen LogP contribution is -3.00. The minimum Gasteiger partial charge on any atom is -1.00 e. The molecule has 166 valence electrons. The predicted octanol–water partition coefficient (Wildman–Crippen LogP) is 1.01. The Morgan fingerprint density at radius 2 is 1.28 bits per heavy atom. The molecule has 2 heterocycles. The summed E-state index contributed by atoms with van der Waals surface area (Å²) in [5, 5.41) is 0. The molecule has 0 spiro atoms. The van der Waals surface area contributed by atoms with E-state index in [-0.39, 0.29) is 24.4 Å². The lowest BCUT2D eigenvalue weighted by molar-refractivity contribution is -0.0000175. The highest BCUT2D eigenvalue weighted by molar-refractivity contribution is 5.95. The molecule has 0 aliphatic carbocycles. The molecule has 0 radical (unpaired) electrons. The molecular formula is C26H26ClN2O3-. The van der Waals surface area contributed by atoms with Crippen molar-refractivity contribution in [3.8, 4) is 11.5 Å². The Hall–Kier alpha value is -3.02. The van der Waals surface area contributed by atoms with E-state index in [1.807, 2.05) is 17.0 Å². The Balaban J connectivity index is 0.00000245. The minimum atomic E-state index is 0. The van der Waals surface area contributed by atoms with Gasteiger partial charge in [0.05, 0.1) is 6.04 Å². The van der Waals surface area contributed by atoms with Crippen LogP contribution in [0.3, 0.4) is 0 Å². The quantitative estimate of drug-likeness (QED) is 0.596. The first-order chi connectivity index (χ1) is 15.3. The number of piperazine rings is 1. The number of nitrogens with zero attached hydrogens (tertiary/aromatic N) is 2. The maximum Gasteiger partial charge on any atom is 0.254 e. The largest absolute Gasteiger partial charge is 1.00 e. The second-order valence-electron chi connectivity index (χ2n) is 7.91. The smallest absolute Gasteiger partial charge is 0.254 e. The second kappa shape index (κ2) is 10.1. The fourth-order valence-corrected chi connectivity index (χ4v) is 4.43. The lowest BCUT2D eigenvalue weighted by atomic mass is 9.96. The minimum absolute atomic E-state index is 0. The van der Waals surface area contributed by atoms with Gasteiger partial charge in [0.1, 0.15) is 13.2 Å². The normalized spacial score (nSPS) is 15.8. The predicted molar refractivity (Wildman–Crippen MR) is 120 cm³/mol. The Labute approximate surface area is 195 Å². The first-order valence-corrected chi connectivity index (χ1v) is 10.8. The first-order valence-electron chi connectivity index (χ1n) is 10.8. The van der Waals surface area contributed by atoms with E-state index in [1.54, 1.807) is 6.07 Å². The van der Waals surface area contributed by atoms with Gasteiger partial charge in [-0.1, -0.05) is 60.7 Å². The highest BCUT2D eigenvalue weighted by Crippen LogP contribution is 2.32. The summed E-state index contributed by atoms with van der Waals surface area (Å²) < 4.78 is 11.2. The SMILES string of the molecule is O=C(c1ccc2c(c1)OCCO2)N1CCN(C(c2ccccc2)c2ccccc2)CC1.[Cl-]. The average molecular weight is 450 g/mol. The van der Waals surface area contributed by atoms with Crippen molar-refractivity contribution in [1.82, 2.24) is 9.80 Å². The molecule has 1 amide bonds. The van der Waals surface area contributed by atoms with E-state index in [1.165, 1.54) is 11.1 Å². The van der Waals surface area contributed by atoms with E-state index >= 15 is 0 Å². The van der Waals surface area contributed by atoms with Gasteiger partial charge in [-0.05, 0) is 29.3 Å². The van der Waals surface area contributed by atoms with Crippen molar-refractivity contribution in [1.29, 1.82) is 0 Å². The standard InChI is InChI=1S/C26H26N2O3.ClH/c29-26(22-11-12-23-24(19-22)31-18-17-30-23)28-15-13-27(14-16-28)25(20-7-3-1-4-8-20)21-9-5-2-6-10-21;/h1-12,19,25H,13-18H2;1H/p-1. The summed E-state index contributed by atoms with van der Waals surface area (Å²) in [7, 11) is 0. The molecular weight excluding hydrogens is 424 g/mol. The zero-order valence-electron chi connectivity index (χ0n) is 17.8. The van der Waals surface area contributed by atoms with Crippen molar-refractivity contribution in [2.24, 2.45) is 0 Å². The Morgan fingerprint density at radius 1 is 0.719 bits per heavy atom. The zero-order chi connectivity index (χ0) is 21.0. The van der Waals surface area contributed by atoms with Gasteiger partial charge in [-0.25, -0.2) is 0 Å². The third-order valence-electron chi connectivity index (χ3n) is 5.99. The van der Waals surface area contributed by atoms with Crippen molar-refractivity contribution in [2.75, 3.05) is 39.4 Å². The van der Waals surface area contributed by atoms with Gasteiger partial charge in [-0.2, -0.15) is 0 Å². The second-order valence-corrected chi connectivity index (χ2v) is 7.91. The molecule has 2 aliphatic rings. The third-order valence-corrected chi connectivity index (χ3v) is 5.99. The van der Waals surface area contributed by atoms with Crippen LogP contribution in [0.15, 0.2) is 78.9 Å². The summed E-state index contributed by atoms with van der Waals surface area (Å²) in [6, 6.07) is 26.9. The number of hydrogen-bond acceptors (Lipinski definition) is 4. The summed E-state index contributed by atoms with van der Waals surface area (Å²) in [6.45, 7) is 4.11. The maximum atomic E-state index is 13.1. The number of carbonyl (C=O) groups is 1. The van der Waals surface area contributed by atoms with Gasteiger partial charge < -0.3 is 26.8 Å². The van der Waals surface area contributed by atoms with Crippen LogP contribution in [0, 0.1) is 0 Å². The summed E-state index contributed by atoms with van der Waals surface area (Å²) >= 11 is 0. The molecule has 1 fully saturated rings. The van der Waals surface area contributed by atoms with E-state index < -0.39 is 0 Å². The molecule has 5 nitrogen and oxygen atoms in total. The van der Waals surface area contributed by atoms with Crippen molar-refractivity contribution in [2.45, 2.75) is 6.04 Å². The molecule has 1 saturated heterocycles. The van der Waals surface area contributed by atoms with Crippen molar-refractivity contribution in [3.05, 3.63) is 95.6 Å². The van der Waals surface area contributed by atoms with Gasteiger partial charge in [0.25, 0.3) is 5.91 Å². The molecule has 3 aromatic rings. The summed E-state index contributed by atoms with van der Waals surface area (Å²) in [6.07, 6.45) is 0. The zero-order valence-corrected chi connectivity index (χ0v) is 18.6. The topological polar surface area (TPSA) is 42.0 Å². The van der Waals surface area contributed by atoms with Gasteiger partial charge in [-0.3, -0.25) is 9.69 Å². The van der Waals surface area contributed by atoms with Crippen LogP contribution < -0.4 is 21.9 Å². The Morgan fingerprint density at radius 3 is 1.88 bits per heavy atom. The number of amides is 1. The third kappa shape index (κ3) is 4.59. The van der Waals surface area contributed by atoms with Crippen LogP contribution in [-0.4, -0.2) is 55.1 Å². The molecule has 5 rings (SSSR count). The number of halogens is 1. The summed E-state index contributed by atoms with van der Waals surface area (Å²) in [5.74, 6) is 1.41. The fourth-order valence-electron chi connectivity index (χ4n) is 4.43. The van der Waals surface area contributed by atoms with E-state index in [0.29, 0.717) is 43.4 Å². The van der Waals surface area contributed by atoms with E-state index in [4.69, 9.17) is 9.47 Å². The molecule has 0 unspecified atom stereocenters. The molecule has 6 heteroatoms. The molecule has 32 heavy (non-hydrogen) atoms. The van der Waals surface area contributed by atoms with Gasteiger partial charge in [0, 0.05) is 31.7 Å². The van der Waals surface area contributed by atoms with Gasteiger partial charge in [0.2, 0.25) is 0 Å². The number of hydrogen-bond donors (Lipinski definition) is 0. The van der Waals surface area contributed by atoms with Crippen LogP contribution in [0.1, 0.15) is 27.5 Å². The van der Waals surface area contributed by atoms with E-state index in [0.717, 1.165) is 13.1 Å². The molecule has 0 bridgehead atoms. The molecule has 2 aliphatic heterocycles. The number of carbonyl (C=O) groups excluding carboxylic acids is 1. The highest BCUT2D eigenvalue weighted by atomic mass is 35.5. The van der Waals surface area contributed by atoms with E-state index in [9.17, 15) is 4.79 Å². The van der Waals surface area contributed by atoms with Gasteiger partial charge >= 0.3 is 0 Å². The van der Waals surface area contributed by atoms with Crippen LogP contribution in [0.25, 0.3) is 0 Å². The van der Waals surface area contributed by atoms with Crippen molar-refractivity contribution >= 4 is 5.91 Å². The van der Waals surface area contributed by atoms with Crippen LogP contribution in [0.5, 0.6) is 11.5 Å². The molecule has 3 aromatic carbocycles. The fraction of sp³-hybridized carbons (Fsp3) is 0.269. The number of ether oxygens (including phenoxy) is 2. The number of rotatable bonds is 4. The summed E-state index contributed by atoms with van der Waals surface area (Å²) in [4.78, 5) is 17.5. The summed E-state index contributed by atoms with van der Waals surface area (Å²) in [5.41, 5.74) is 3.21. The van der Waals surface area contributed by atoms with Gasteiger partial charge in [0.15, 0.2) is 11.5 Å². The Kier molecular flexibility index (Phi) is 6.98. The number of fused-ring (bicyclic) bond motifs is 1. The van der Waals surface area contributed by atoms with E-state index in [2.05, 4.69) is 65.6 Å². The molecule has 0 aromatic heterocycles. The van der Waals surface area contributed by atoms with Crippen LogP contribution >= 0.6 is 0 Å². The average Bonchev–Trinajstić information content (AvgIpc) is 2.85. The van der Waals surface area contributed by atoms with Crippen molar-refractivity contribution in [3.63, 3.8) is 0 Å². The van der Waals surface area contributed by atoms with Crippen LogP contribution in [0.4, 0.5) is 0 Å². The number of benzene rings is 3. The molecule has 0 atom stereocenters. The Bertz CT molecular complexity index is 998. The monoisotopic (exact) mass is 449 g/mol. The van der Waals surface area contributed by atoms with Crippen molar-refractivity contribution < 1.29 is 26.7 Å². The molecule has 0 saturated carbocycles. The lowest BCUT2D eigenvalue weighted by Gasteiger charge is -2.40. The van der Waals surface area contributed by atoms with Gasteiger partial charge in [-0.15, -0.1) is 0 Å². The molecule has 0 N–H and O–H groups in total. The van der Waals surface area contributed by atoms with Crippen LogP contribution in [-0.2, 0) is 0 Å². The first kappa shape index (κ1) is 22.2.